The first-order valence-electron chi connectivity index (χ1n) is 11.3. The van der Waals surface area contributed by atoms with Gasteiger partial charge in [0.2, 0.25) is 0 Å². The van der Waals surface area contributed by atoms with E-state index >= 15 is 0 Å². The van der Waals surface area contributed by atoms with Gasteiger partial charge in [0, 0.05) is 29.8 Å². The highest BCUT2D eigenvalue weighted by Crippen LogP contribution is 2.34. The predicted octanol–water partition coefficient (Wildman–Crippen LogP) is 5.41. The molecule has 1 unspecified atom stereocenters. The Morgan fingerprint density at radius 2 is 1.63 bits per heavy atom. The number of nitrogens with one attached hydrogen (secondary N) is 1. The van der Waals surface area contributed by atoms with Gasteiger partial charge in [-0.2, -0.15) is 0 Å². The fraction of sp³-hybridized carbons (Fsp3) is 0.519. The molecular formula is C27H35NO2. The molecule has 1 fully saturated rings. The van der Waals surface area contributed by atoms with Crippen molar-refractivity contribution in [3.05, 3.63) is 71.3 Å². The summed E-state index contributed by atoms with van der Waals surface area (Å²) in [5.74, 6) is 0.287. The van der Waals surface area contributed by atoms with Gasteiger partial charge in [0.1, 0.15) is 6.10 Å². The van der Waals surface area contributed by atoms with Crippen molar-refractivity contribution in [3.63, 3.8) is 0 Å². The van der Waals surface area contributed by atoms with E-state index in [2.05, 4.69) is 87.7 Å². The van der Waals surface area contributed by atoms with Crippen LogP contribution in [0.25, 0.3) is 0 Å². The van der Waals surface area contributed by atoms with E-state index < -0.39 is 0 Å². The Morgan fingerprint density at radius 1 is 0.967 bits per heavy atom. The van der Waals surface area contributed by atoms with Crippen LogP contribution in [0.3, 0.4) is 0 Å². The van der Waals surface area contributed by atoms with E-state index in [1.165, 1.54) is 16.7 Å². The summed E-state index contributed by atoms with van der Waals surface area (Å²) in [7, 11) is 0. The van der Waals surface area contributed by atoms with Crippen molar-refractivity contribution >= 4 is 5.97 Å². The lowest BCUT2D eigenvalue weighted by atomic mass is 9.80. The minimum atomic E-state index is -0.0219. The van der Waals surface area contributed by atoms with E-state index in [1.54, 1.807) is 0 Å². The quantitative estimate of drug-likeness (QED) is 0.683. The van der Waals surface area contributed by atoms with Crippen LogP contribution in [-0.2, 0) is 22.4 Å². The molecule has 160 valence electrons. The lowest BCUT2D eigenvalue weighted by Crippen LogP contribution is -2.59. The van der Waals surface area contributed by atoms with Gasteiger partial charge >= 0.3 is 5.97 Å². The van der Waals surface area contributed by atoms with Crippen LogP contribution in [0.2, 0.25) is 0 Å². The van der Waals surface area contributed by atoms with Crippen LogP contribution < -0.4 is 5.32 Å². The van der Waals surface area contributed by atoms with Gasteiger partial charge in [0.25, 0.3) is 0 Å². The monoisotopic (exact) mass is 405 g/mol. The number of fused-ring (bicyclic) bond motifs is 1. The normalized spacial score (nSPS) is 25.5. The maximum atomic E-state index is 13.0. The van der Waals surface area contributed by atoms with Crippen LogP contribution in [-0.4, -0.2) is 23.2 Å². The van der Waals surface area contributed by atoms with E-state index in [0.29, 0.717) is 5.92 Å². The number of ether oxygens (including phenoxy) is 1. The second kappa shape index (κ2) is 8.19. The molecule has 0 amide bonds. The van der Waals surface area contributed by atoms with Crippen LogP contribution in [0, 0.1) is 5.92 Å². The molecule has 3 heteroatoms. The van der Waals surface area contributed by atoms with Crippen LogP contribution in [0.1, 0.15) is 69.6 Å². The molecule has 3 nitrogen and oxygen atoms in total. The smallest absolute Gasteiger partial charge is 0.309 e. The molecule has 3 aliphatic rings. The average molecular weight is 406 g/mol. The summed E-state index contributed by atoms with van der Waals surface area (Å²) in [6, 6.07) is 6.77. The van der Waals surface area contributed by atoms with Crippen molar-refractivity contribution < 1.29 is 9.53 Å². The Bertz CT molecular complexity index is 858. The third-order valence-electron chi connectivity index (χ3n) is 6.58. The maximum Gasteiger partial charge on any atom is 0.309 e. The highest BCUT2D eigenvalue weighted by atomic mass is 16.5. The Labute approximate surface area is 181 Å². The number of hydrogen-bond donors (Lipinski definition) is 1. The van der Waals surface area contributed by atoms with Crippen molar-refractivity contribution in [1.82, 2.24) is 5.32 Å². The summed E-state index contributed by atoms with van der Waals surface area (Å²) in [4.78, 5) is 13.0. The molecule has 4 rings (SSSR count). The summed E-state index contributed by atoms with van der Waals surface area (Å²) < 4.78 is 6.05. The number of allylic oxidation sites excluding steroid dienone is 6. The molecule has 2 aliphatic carbocycles. The molecule has 30 heavy (non-hydrogen) atoms. The largest absolute Gasteiger partial charge is 0.462 e. The Kier molecular flexibility index (Phi) is 5.76. The molecule has 0 aromatic heterocycles. The Hall–Kier alpha value is -2.13. The summed E-state index contributed by atoms with van der Waals surface area (Å²) in [6.07, 6.45) is 17.2. The van der Waals surface area contributed by atoms with Crippen molar-refractivity contribution in [2.24, 2.45) is 5.92 Å². The first kappa shape index (κ1) is 21.1. The summed E-state index contributed by atoms with van der Waals surface area (Å²) in [5, 5.41) is 3.66. The molecule has 1 aromatic rings. The fourth-order valence-electron chi connectivity index (χ4n) is 5.54. The third-order valence-corrected chi connectivity index (χ3v) is 6.58. The predicted molar refractivity (Wildman–Crippen MR) is 123 cm³/mol. The van der Waals surface area contributed by atoms with E-state index in [-0.39, 0.29) is 29.1 Å². The number of rotatable bonds is 3. The zero-order valence-electron chi connectivity index (χ0n) is 18.8. The lowest BCUT2D eigenvalue weighted by molar-refractivity contribution is -0.158. The first-order valence-corrected chi connectivity index (χ1v) is 11.3. The maximum absolute atomic E-state index is 13.0. The number of esters is 1. The molecule has 0 radical (unpaired) electrons. The summed E-state index contributed by atoms with van der Waals surface area (Å²) in [5.41, 5.74) is 3.99. The first-order chi connectivity index (χ1) is 14.2. The molecule has 1 saturated heterocycles. The zero-order chi connectivity index (χ0) is 21.4. The van der Waals surface area contributed by atoms with Gasteiger partial charge in [-0.25, -0.2) is 0 Å². The van der Waals surface area contributed by atoms with E-state index in [0.717, 1.165) is 32.1 Å². The van der Waals surface area contributed by atoms with E-state index in [4.69, 9.17) is 4.74 Å². The second-order valence-corrected chi connectivity index (χ2v) is 10.5. The Balaban J connectivity index is 1.41. The van der Waals surface area contributed by atoms with Gasteiger partial charge in [0.15, 0.2) is 0 Å². The number of carbonyl (C=O) groups is 1. The van der Waals surface area contributed by atoms with Gasteiger partial charge in [-0.15, -0.1) is 0 Å². The Morgan fingerprint density at radius 3 is 2.30 bits per heavy atom. The molecule has 0 spiro atoms. The van der Waals surface area contributed by atoms with Crippen molar-refractivity contribution in [2.75, 3.05) is 0 Å². The topological polar surface area (TPSA) is 38.3 Å². The summed E-state index contributed by atoms with van der Waals surface area (Å²) in [6.45, 7) is 8.77. The van der Waals surface area contributed by atoms with E-state index in [9.17, 15) is 4.79 Å². The molecule has 1 atom stereocenters. The number of aryl methyl sites for hydroxylation is 1. The average Bonchev–Trinajstić information content (AvgIpc) is 2.94. The van der Waals surface area contributed by atoms with Gasteiger partial charge in [-0.3, -0.25) is 4.79 Å². The van der Waals surface area contributed by atoms with Crippen LogP contribution in [0.5, 0.6) is 0 Å². The standard InChI is InChI=1S/C27H35NO2/c1-26(2)17-24(18-27(3,4)28-26)30-25(29)23-14-13-21-15-20(11-12-22(21)16-23)19-9-7-5-6-8-10-19/h5-12,15,19,23-24,28H,13-14,16-18H2,1-4H3. The molecule has 1 aliphatic heterocycles. The van der Waals surface area contributed by atoms with E-state index in [1.807, 2.05) is 0 Å². The zero-order valence-corrected chi connectivity index (χ0v) is 18.8. The van der Waals surface area contributed by atoms with Gasteiger partial charge in [0.05, 0.1) is 5.92 Å². The minimum absolute atomic E-state index is 0.00468. The van der Waals surface area contributed by atoms with Gasteiger partial charge < -0.3 is 10.1 Å². The van der Waals surface area contributed by atoms with Gasteiger partial charge in [-0.05, 0) is 63.6 Å². The van der Waals surface area contributed by atoms with Crippen LogP contribution in [0.15, 0.2) is 54.7 Å². The molecule has 1 aromatic carbocycles. The van der Waals surface area contributed by atoms with Crippen LogP contribution in [0.4, 0.5) is 0 Å². The number of benzene rings is 1. The second-order valence-electron chi connectivity index (χ2n) is 10.5. The van der Waals surface area contributed by atoms with Crippen molar-refractivity contribution in [3.8, 4) is 0 Å². The minimum Gasteiger partial charge on any atom is -0.462 e. The highest BCUT2D eigenvalue weighted by molar-refractivity contribution is 5.73. The van der Waals surface area contributed by atoms with Crippen LogP contribution >= 0.6 is 0 Å². The molecular weight excluding hydrogens is 370 g/mol. The molecule has 1 heterocycles. The van der Waals surface area contributed by atoms with Crippen molar-refractivity contribution in [1.29, 1.82) is 0 Å². The number of piperidine rings is 1. The van der Waals surface area contributed by atoms with Gasteiger partial charge in [-0.1, -0.05) is 54.7 Å². The SMILES string of the molecule is CC1(C)CC(OC(=O)C2CCc3cc(C4C=CC=CC=C4)ccc3C2)CC(C)(C)N1. The number of hydrogen-bond acceptors (Lipinski definition) is 3. The third kappa shape index (κ3) is 4.95. The van der Waals surface area contributed by atoms with Crippen molar-refractivity contribution in [2.45, 2.75) is 82.9 Å². The molecule has 0 bridgehead atoms. The fourth-order valence-corrected chi connectivity index (χ4v) is 5.54. The number of carbonyl (C=O) groups excluding carboxylic acids is 1. The molecule has 1 N–H and O–H groups in total. The lowest BCUT2D eigenvalue weighted by Gasteiger charge is -2.46. The highest BCUT2D eigenvalue weighted by Gasteiger charge is 2.40. The summed E-state index contributed by atoms with van der Waals surface area (Å²) >= 11 is 0. The molecule has 0 saturated carbocycles.